The van der Waals surface area contributed by atoms with E-state index in [1.54, 1.807) is 6.07 Å². The molecule has 0 aliphatic heterocycles. The van der Waals surface area contributed by atoms with E-state index in [1.165, 1.54) is 12.8 Å². The summed E-state index contributed by atoms with van der Waals surface area (Å²) in [6.45, 7) is 18.2. The van der Waals surface area contributed by atoms with Crippen molar-refractivity contribution in [3.05, 3.63) is 51.1 Å². The number of benzene rings is 1. The van der Waals surface area contributed by atoms with Crippen molar-refractivity contribution in [3.63, 3.8) is 0 Å². The number of nitrogens with zero attached hydrogens (tertiary/aromatic N) is 1. The molecular formula is C30H43ClN2O2. The van der Waals surface area contributed by atoms with Crippen molar-refractivity contribution in [1.29, 1.82) is 0 Å². The predicted octanol–water partition coefficient (Wildman–Crippen LogP) is 7.29. The molecule has 0 bridgehead atoms. The summed E-state index contributed by atoms with van der Waals surface area (Å²) in [5, 5.41) is 3.56. The lowest BCUT2D eigenvalue weighted by molar-refractivity contribution is -0.117. The van der Waals surface area contributed by atoms with Gasteiger partial charge in [-0.2, -0.15) is 0 Å². The Morgan fingerprint density at radius 3 is 2.31 bits per heavy atom. The summed E-state index contributed by atoms with van der Waals surface area (Å²) in [5.74, 6) is 0.512. The molecule has 0 saturated heterocycles. The highest BCUT2D eigenvalue weighted by Gasteiger charge is 2.32. The van der Waals surface area contributed by atoms with Crippen LogP contribution in [0.2, 0.25) is 5.02 Å². The molecule has 5 heteroatoms. The molecule has 0 heterocycles. The molecule has 1 aromatic carbocycles. The molecule has 192 valence electrons. The number of rotatable bonds is 6. The van der Waals surface area contributed by atoms with E-state index in [0.29, 0.717) is 27.6 Å². The van der Waals surface area contributed by atoms with E-state index in [0.717, 1.165) is 47.7 Å². The minimum absolute atomic E-state index is 0.0920. The van der Waals surface area contributed by atoms with Gasteiger partial charge < -0.3 is 10.2 Å². The molecule has 4 nitrogen and oxygen atoms in total. The predicted molar refractivity (Wildman–Crippen MR) is 147 cm³/mol. The van der Waals surface area contributed by atoms with Gasteiger partial charge in [0, 0.05) is 46.9 Å². The Hall–Kier alpha value is -2.07. The van der Waals surface area contributed by atoms with Crippen molar-refractivity contribution < 1.29 is 9.59 Å². The third-order valence-electron chi connectivity index (χ3n) is 8.32. The number of allylic oxidation sites excluding steroid dienone is 3. The van der Waals surface area contributed by atoms with Gasteiger partial charge >= 0.3 is 0 Å². The van der Waals surface area contributed by atoms with Crippen LogP contribution in [0.3, 0.4) is 0 Å². The lowest BCUT2D eigenvalue weighted by Gasteiger charge is -2.42. The number of hydrogen-bond donors (Lipinski definition) is 1. The normalized spacial score (nSPS) is 23.3. The molecular weight excluding hydrogens is 456 g/mol. The van der Waals surface area contributed by atoms with Gasteiger partial charge in [-0.05, 0) is 88.0 Å². The quantitative estimate of drug-likeness (QED) is 0.448. The van der Waals surface area contributed by atoms with E-state index in [9.17, 15) is 9.59 Å². The first-order valence-corrected chi connectivity index (χ1v) is 13.5. The molecule has 2 aliphatic carbocycles. The molecule has 1 N–H and O–H groups in total. The van der Waals surface area contributed by atoms with E-state index >= 15 is 0 Å². The molecule has 1 amide bonds. The fourth-order valence-corrected chi connectivity index (χ4v) is 6.00. The van der Waals surface area contributed by atoms with Crippen LogP contribution in [-0.2, 0) is 4.79 Å². The lowest BCUT2D eigenvalue weighted by atomic mass is 9.71. The maximum Gasteiger partial charge on any atom is 0.251 e. The molecule has 1 fully saturated rings. The van der Waals surface area contributed by atoms with Crippen LogP contribution in [0.4, 0.5) is 5.69 Å². The summed E-state index contributed by atoms with van der Waals surface area (Å²) >= 11 is 6.54. The Morgan fingerprint density at radius 2 is 1.74 bits per heavy atom. The summed E-state index contributed by atoms with van der Waals surface area (Å²) in [6, 6.07) is 4.20. The van der Waals surface area contributed by atoms with Gasteiger partial charge in [-0.1, -0.05) is 50.9 Å². The van der Waals surface area contributed by atoms with Crippen molar-refractivity contribution in [2.45, 2.75) is 87.1 Å². The van der Waals surface area contributed by atoms with Crippen LogP contribution in [0.1, 0.15) is 90.1 Å². The zero-order chi connectivity index (χ0) is 26.1. The number of Topliss-reactive ketones (excluding diaryl/α,β-unsaturated/α-hetero) is 1. The Bertz CT molecular complexity index is 1040. The second-order valence-corrected chi connectivity index (χ2v) is 12.0. The molecule has 1 saturated carbocycles. The van der Waals surface area contributed by atoms with Crippen LogP contribution in [0.15, 0.2) is 34.9 Å². The van der Waals surface area contributed by atoms with Gasteiger partial charge in [0.25, 0.3) is 5.91 Å². The highest BCUT2D eigenvalue weighted by atomic mass is 35.5. The number of hydrogen-bond acceptors (Lipinski definition) is 3. The first kappa shape index (κ1) is 27.5. The van der Waals surface area contributed by atoms with Gasteiger partial charge in [0.15, 0.2) is 5.78 Å². The highest BCUT2D eigenvalue weighted by Crippen LogP contribution is 2.41. The maximum absolute atomic E-state index is 13.3. The molecule has 0 aromatic heterocycles. The number of carbonyl (C=O) groups excluding carboxylic acids is 2. The van der Waals surface area contributed by atoms with Crippen molar-refractivity contribution in [2.75, 3.05) is 18.0 Å². The fourth-order valence-electron chi connectivity index (χ4n) is 5.78. The second-order valence-electron chi connectivity index (χ2n) is 11.6. The third kappa shape index (κ3) is 6.02. The maximum atomic E-state index is 13.3. The summed E-state index contributed by atoms with van der Waals surface area (Å²) in [7, 11) is 0. The summed E-state index contributed by atoms with van der Waals surface area (Å²) in [4.78, 5) is 28.5. The average molecular weight is 499 g/mol. The summed E-state index contributed by atoms with van der Waals surface area (Å²) < 4.78 is 0. The lowest BCUT2D eigenvalue weighted by Crippen LogP contribution is -2.40. The van der Waals surface area contributed by atoms with Crippen LogP contribution in [0.25, 0.3) is 0 Å². The second kappa shape index (κ2) is 10.9. The van der Waals surface area contributed by atoms with E-state index in [2.05, 4.69) is 37.9 Å². The Kier molecular flexibility index (Phi) is 8.57. The Morgan fingerprint density at radius 1 is 1.11 bits per heavy atom. The molecule has 0 spiro atoms. The molecule has 1 atom stereocenters. The largest absolute Gasteiger partial charge is 0.369 e. The van der Waals surface area contributed by atoms with E-state index < -0.39 is 0 Å². The number of carbonyl (C=O) groups is 2. The monoisotopic (exact) mass is 498 g/mol. The van der Waals surface area contributed by atoms with E-state index in [-0.39, 0.29) is 24.2 Å². The standard InChI is InChI=1S/C30H43ClN2O2/c1-9-33(24-12-10-22(11-13-24)30(6,7)8)27-16-23(31)15-25(21(27)5)29(35)32-17-26-19(3)14-18(2)20(4)28(26)34/h14-16,20,22,24H,9-13,17H2,1-8H3,(H,32,35). The molecule has 1 aromatic rings. The van der Waals surface area contributed by atoms with Crippen LogP contribution in [0.5, 0.6) is 0 Å². The number of halogens is 1. The zero-order valence-corrected chi connectivity index (χ0v) is 23.6. The fraction of sp³-hybridized carbons (Fsp3) is 0.600. The van der Waals surface area contributed by atoms with Gasteiger partial charge in [-0.3, -0.25) is 9.59 Å². The van der Waals surface area contributed by atoms with Crippen molar-refractivity contribution >= 4 is 29.0 Å². The summed E-state index contributed by atoms with van der Waals surface area (Å²) in [6.07, 6.45) is 6.82. The highest BCUT2D eigenvalue weighted by molar-refractivity contribution is 6.31. The molecule has 3 rings (SSSR count). The number of ketones is 1. The van der Waals surface area contributed by atoms with E-state index in [4.69, 9.17) is 11.6 Å². The first-order chi connectivity index (χ1) is 16.3. The van der Waals surface area contributed by atoms with Gasteiger partial charge in [0.05, 0.1) is 0 Å². The van der Waals surface area contributed by atoms with Crippen molar-refractivity contribution in [3.8, 4) is 0 Å². The summed E-state index contributed by atoms with van der Waals surface area (Å²) in [5.41, 5.74) is 5.58. The number of amides is 1. The van der Waals surface area contributed by atoms with Crippen LogP contribution < -0.4 is 10.2 Å². The smallest absolute Gasteiger partial charge is 0.251 e. The minimum Gasteiger partial charge on any atom is -0.369 e. The van der Waals surface area contributed by atoms with Crippen LogP contribution in [0, 0.1) is 24.2 Å². The molecule has 35 heavy (non-hydrogen) atoms. The average Bonchev–Trinajstić information content (AvgIpc) is 2.79. The Labute approximate surface area is 217 Å². The van der Waals surface area contributed by atoms with E-state index in [1.807, 2.05) is 39.8 Å². The Balaban J connectivity index is 1.80. The van der Waals surface area contributed by atoms with Crippen molar-refractivity contribution in [1.82, 2.24) is 5.32 Å². The van der Waals surface area contributed by atoms with Gasteiger partial charge in [0.2, 0.25) is 0 Å². The number of nitrogens with one attached hydrogen (secondary N) is 1. The van der Waals surface area contributed by atoms with Gasteiger partial charge in [-0.15, -0.1) is 0 Å². The first-order valence-electron chi connectivity index (χ1n) is 13.1. The van der Waals surface area contributed by atoms with Crippen LogP contribution >= 0.6 is 11.6 Å². The molecule has 0 radical (unpaired) electrons. The van der Waals surface area contributed by atoms with Gasteiger partial charge in [0.1, 0.15) is 0 Å². The zero-order valence-electron chi connectivity index (χ0n) is 22.8. The molecule has 2 aliphatic rings. The third-order valence-corrected chi connectivity index (χ3v) is 8.54. The SMILES string of the molecule is CCN(c1cc(Cl)cc(C(=O)NCC2=C(C)C=C(C)C(C)C2=O)c1C)C1CCC(C(C)(C)C)CC1. The minimum atomic E-state index is -0.189. The van der Waals surface area contributed by atoms with Crippen molar-refractivity contribution in [2.24, 2.45) is 17.3 Å². The topological polar surface area (TPSA) is 49.4 Å². The van der Waals surface area contributed by atoms with Gasteiger partial charge in [-0.25, -0.2) is 0 Å². The van der Waals surface area contributed by atoms with Crippen LogP contribution in [-0.4, -0.2) is 30.8 Å². The number of anilines is 1. The molecule has 1 unspecified atom stereocenters.